The molecule has 0 aliphatic carbocycles. The fourth-order valence-electron chi connectivity index (χ4n) is 2.63. The number of halogens is 1. The van der Waals surface area contributed by atoms with Crippen LogP contribution in [0.1, 0.15) is 33.3 Å². The number of hydrogen-bond acceptors (Lipinski definition) is 8. The molecule has 0 fully saturated rings. The summed E-state index contributed by atoms with van der Waals surface area (Å²) >= 11 is 4.39. The summed E-state index contributed by atoms with van der Waals surface area (Å²) in [7, 11) is 0. The van der Waals surface area contributed by atoms with Crippen LogP contribution in [0.4, 0.5) is 9.93 Å². The predicted octanol–water partition coefficient (Wildman–Crippen LogP) is 4.37. The lowest BCUT2D eigenvalue weighted by Crippen LogP contribution is -2.27. The van der Waals surface area contributed by atoms with Gasteiger partial charge in [-0.15, -0.1) is 0 Å². The Bertz CT molecular complexity index is 1230. The summed E-state index contributed by atoms with van der Waals surface area (Å²) < 4.78 is 11.5. The van der Waals surface area contributed by atoms with Crippen molar-refractivity contribution in [2.45, 2.75) is 39.8 Å². The highest BCUT2D eigenvalue weighted by atomic mass is 79.9. The van der Waals surface area contributed by atoms with Gasteiger partial charge in [-0.1, -0.05) is 11.3 Å². The molecule has 3 aromatic rings. The molecule has 2 aromatic heterocycles. The minimum atomic E-state index is -0.674. The number of rotatable bonds is 4. The minimum Gasteiger partial charge on any atom is -0.501 e. The van der Waals surface area contributed by atoms with Gasteiger partial charge in [-0.2, -0.15) is 0 Å². The molecular weight excluding hydrogens is 490 g/mol. The molecule has 0 unspecified atom stereocenters. The molecule has 1 aromatic carbocycles. The van der Waals surface area contributed by atoms with Crippen LogP contribution < -0.4 is 16.1 Å². The van der Waals surface area contributed by atoms with Crippen molar-refractivity contribution in [3.8, 4) is 16.4 Å². The Balaban J connectivity index is 1.96. The van der Waals surface area contributed by atoms with E-state index in [2.05, 4.69) is 31.5 Å². The van der Waals surface area contributed by atoms with E-state index in [1.807, 2.05) is 0 Å². The van der Waals surface area contributed by atoms with Crippen molar-refractivity contribution >= 4 is 55.4 Å². The highest BCUT2D eigenvalue weighted by Crippen LogP contribution is 2.37. The van der Waals surface area contributed by atoms with Gasteiger partial charge in [0.05, 0.1) is 20.9 Å². The fraction of sp³-hybridized carbons (Fsp3) is 0.300. The number of ether oxygens (including phenoxy) is 1. The number of aromatic hydroxyl groups is 1. The molecular formula is C20H20BrN3O6S. The first-order valence-corrected chi connectivity index (χ1v) is 10.7. The quantitative estimate of drug-likeness (QED) is 0.475. The molecule has 0 saturated heterocycles. The van der Waals surface area contributed by atoms with Gasteiger partial charge in [-0.25, -0.2) is 9.78 Å². The third kappa shape index (κ3) is 5.42. The Labute approximate surface area is 189 Å². The van der Waals surface area contributed by atoms with Gasteiger partial charge in [-0.05, 0) is 54.4 Å². The fourth-order valence-corrected chi connectivity index (χ4v) is 4.00. The van der Waals surface area contributed by atoms with Crippen molar-refractivity contribution in [3.05, 3.63) is 38.6 Å². The van der Waals surface area contributed by atoms with Crippen LogP contribution in [0, 0.1) is 0 Å². The number of nitrogens with one attached hydrogen (secondary N) is 2. The van der Waals surface area contributed by atoms with E-state index in [0.717, 1.165) is 11.3 Å². The highest BCUT2D eigenvalue weighted by molar-refractivity contribution is 9.10. The van der Waals surface area contributed by atoms with Gasteiger partial charge in [-0.3, -0.25) is 14.9 Å². The van der Waals surface area contributed by atoms with E-state index < -0.39 is 22.9 Å². The van der Waals surface area contributed by atoms with Crippen LogP contribution in [0.2, 0.25) is 0 Å². The molecule has 3 rings (SSSR count). The molecule has 9 nitrogen and oxygen atoms in total. The Hall–Kier alpha value is -2.92. The molecule has 31 heavy (non-hydrogen) atoms. The third-order valence-corrected chi connectivity index (χ3v) is 5.36. The maximum absolute atomic E-state index is 12.8. The van der Waals surface area contributed by atoms with Crippen molar-refractivity contribution in [2.24, 2.45) is 0 Å². The van der Waals surface area contributed by atoms with Crippen LogP contribution in [0.25, 0.3) is 21.6 Å². The van der Waals surface area contributed by atoms with Crippen LogP contribution in [-0.2, 0) is 16.1 Å². The van der Waals surface area contributed by atoms with E-state index in [-0.39, 0.29) is 34.3 Å². The second-order valence-corrected chi connectivity index (χ2v) is 9.51. The first kappa shape index (κ1) is 22.8. The van der Waals surface area contributed by atoms with Crippen LogP contribution >= 0.6 is 27.3 Å². The van der Waals surface area contributed by atoms with E-state index >= 15 is 0 Å². The van der Waals surface area contributed by atoms with Gasteiger partial charge in [0, 0.05) is 13.5 Å². The van der Waals surface area contributed by atoms with Gasteiger partial charge in [0.25, 0.3) is 0 Å². The first-order valence-electron chi connectivity index (χ1n) is 9.13. The van der Waals surface area contributed by atoms with E-state index in [1.54, 1.807) is 32.9 Å². The summed E-state index contributed by atoms with van der Waals surface area (Å²) in [5, 5.41) is 16.0. The van der Waals surface area contributed by atoms with Crippen LogP contribution in [-0.4, -0.2) is 27.7 Å². The second kappa shape index (κ2) is 8.67. The molecule has 2 amide bonds. The Kier molecular flexibility index (Phi) is 6.37. The number of nitrogens with zero attached hydrogens (tertiary/aromatic N) is 1. The smallest absolute Gasteiger partial charge is 0.413 e. The van der Waals surface area contributed by atoms with Crippen molar-refractivity contribution in [1.29, 1.82) is 0 Å². The molecule has 0 aliphatic rings. The number of carbonyl (C=O) groups excluding carboxylic acids is 2. The maximum atomic E-state index is 12.8. The van der Waals surface area contributed by atoms with Gasteiger partial charge < -0.3 is 19.6 Å². The Morgan fingerprint density at radius 2 is 2.03 bits per heavy atom. The number of fused-ring (bicyclic) bond motifs is 1. The number of aromatic nitrogens is 1. The van der Waals surface area contributed by atoms with Gasteiger partial charge in [0.1, 0.15) is 5.60 Å². The third-order valence-electron chi connectivity index (χ3n) is 3.86. The second-order valence-electron chi connectivity index (χ2n) is 7.63. The molecule has 11 heteroatoms. The summed E-state index contributed by atoms with van der Waals surface area (Å²) in [6, 6.07) is 3.26. The Morgan fingerprint density at radius 1 is 1.32 bits per heavy atom. The Morgan fingerprint density at radius 3 is 2.68 bits per heavy atom. The van der Waals surface area contributed by atoms with Gasteiger partial charge in [0.15, 0.2) is 16.5 Å². The lowest BCUT2D eigenvalue weighted by molar-refractivity contribution is -0.119. The molecule has 0 bridgehead atoms. The molecule has 0 spiro atoms. The number of thiazole rings is 1. The van der Waals surface area contributed by atoms with E-state index in [0.29, 0.717) is 14.9 Å². The van der Waals surface area contributed by atoms with Crippen LogP contribution in [0.15, 0.2) is 32.0 Å². The summed E-state index contributed by atoms with van der Waals surface area (Å²) in [4.78, 5) is 40.3. The molecule has 2 heterocycles. The van der Waals surface area contributed by atoms with Crippen molar-refractivity contribution in [2.75, 3.05) is 5.32 Å². The average molecular weight is 510 g/mol. The minimum absolute atomic E-state index is 0.0671. The molecule has 0 atom stereocenters. The molecule has 0 aliphatic heterocycles. The lowest BCUT2D eigenvalue weighted by atomic mass is 10.1. The number of amides is 2. The summed E-state index contributed by atoms with van der Waals surface area (Å²) in [5.74, 6) is -0.853. The summed E-state index contributed by atoms with van der Waals surface area (Å²) in [5.41, 5.74) is -0.398. The van der Waals surface area contributed by atoms with Crippen molar-refractivity contribution in [3.63, 3.8) is 0 Å². The zero-order valence-electron chi connectivity index (χ0n) is 17.2. The molecule has 0 saturated carbocycles. The van der Waals surface area contributed by atoms with Crippen LogP contribution in [0.5, 0.6) is 5.75 Å². The number of carbonyl (C=O) groups is 2. The van der Waals surface area contributed by atoms with Gasteiger partial charge >= 0.3 is 6.09 Å². The molecule has 3 N–H and O–H groups in total. The highest BCUT2D eigenvalue weighted by Gasteiger charge is 2.21. The predicted molar refractivity (Wildman–Crippen MR) is 120 cm³/mol. The number of anilines is 1. The topological polar surface area (TPSA) is 131 Å². The largest absolute Gasteiger partial charge is 0.501 e. The average Bonchev–Trinajstić information content (AvgIpc) is 3.09. The SMILES string of the molecule is CC(=O)NCc1cc(Br)c2oc(-c3cnc(NC(=O)OC(C)(C)C)s3)c(O)c(=O)c2c1. The first-order chi connectivity index (χ1) is 14.4. The monoisotopic (exact) mass is 509 g/mol. The standard InChI is InChI=1S/C20H20BrN3O6S/c1-9(25)22-7-10-5-11-14(26)15(27)17(29-16(11)12(21)6-10)13-8-23-18(31-13)24-19(28)30-20(2,3)4/h5-6,8,27H,7H2,1-4H3,(H,22,25)(H,23,24,28). The van der Waals surface area contributed by atoms with E-state index in [9.17, 15) is 19.5 Å². The summed E-state index contributed by atoms with van der Waals surface area (Å²) in [6.07, 6.45) is 0.701. The van der Waals surface area contributed by atoms with Crippen molar-refractivity contribution in [1.82, 2.24) is 10.3 Å². The zero-order valence-corrected chi connectivity index (χ0v) is 19.6. The lowest BCUT2D eigenvalue weighted by Gasteiger charge is -2.18. The maximum Gasteiger partial charge on any atom is 0.413 e. The number of hydrogen-bond donors (Lipinski definition) is 3. The van der Waals surface area contributed by atoms with Crippen LogP contribution in [0.3, 0.4) is 0 Å². The van der Waals surface area contributed by atoms with E-state index in [4.69, 9.17) is 9.15 Å². The molecule has 0 radical (unpaired) electrons. The molecule has 164 valence electrons. The normalized spacial score (nSPS) is 11.4. The van der Waals surface area contributed by atoms with Gasteiger partial charge in [0.2, 0.25) is 17.1 Å². The number of benzene rings is 1. The van der Waals surface area contributed by atoms with E-state index in [1.165, 1.54) is 13.1 Å². The summed E-state index contributed by atoms with van der Waals surface area (Å²) in [6.45, 7) is 6.83. The zero-order chi connectivity index (χ0) is 22.9. The van der Waals surface area contributed by atoms with Crippen molar-refractivity contribution < 1.29 is 23.8 Å².